The largest absolute Gasteiger partial charge is 0.391 e. The molecule has 3 aromatic heterocycles. The van der Waals surface area contributed by atoms with Crippen LogP contribution in [0.5, 0.6) is 0 Å². The highest BCUT2D eigenvalue weighted by Gasteiger charge is 2.28. The summed E-state index contributed by atoms with van der Waals surface area (Å²) in [5.41, 5.74) is 0.993. The lowest BCUT2D eigenvalue weighted by atomic mass is 9.96. The lowest BCUT2D eigenvalue weighted by molar-refractivity contribution is 0.198. The van der Waals surface area contributed by atoms with Gasteiger partial charge < -0.3 is 10.0 Å². The Morgan fingerprint density at radius 3 is 2.48 bits per heavy atom. The Morgan fingerprint density at radius 1 is 1.11 bits per heavy atom. The van der Waals surface area contributed by atoms with E-state index in [0.29, 0.717) is 35.9 Å². The predicted molar refractivity (Wildman–Crippen MR) is 99.5 cm³/mol. The first-order valence-electron chi connectivity index (χ1n) is 9.13. The minimum Gasteiger partial charge on any atom is -0.391 e. The molecular formula is C17H25N9O. The summed E-state index contributed by atoms with van der Waals surface area (Å²) in [7, 11) is 1.85. The molecule has 0 aliphatic carbocycles. The number of aryl methyl sites for hydroxylation is 2. The summed E-state index contributed by atoms with van der Waals surface area (Å²) in [6, 6.07) is 0. The van der Waals surface area contributed by atoms with Crippen molar-refractivity contribution in [3.63, 3.8) is 0 Å². The Kier molecular flexibility index (Phi) is 4.10. The van der Waals surface area contributed by atoms with Crippen LogP contribution >= 0.6 is 0 Å². The lowest BCUT2D eigenvalue weighted by Crippen LogP contribution is -2.25. The number of hydrogen-bond donors (Lipinski definition) is 1. The second-order valence-electron chi connectivity index (χ2n) is 8.11. The standard InChI is InChI=1S/C17H25N9O/c1-10-18-12(24(5)21-10)9-26-22-13-14(23-26)19-16(17(2,3)4)20-15(13)25-7-6-11(27)8-25/h11,27H,6-9H2,1-5H3/t11-/m0/s1. The van der Waals surface area contributed by atoms with E-state index in [1.807, 2.05) is 14.0 Å². The van der Waals surface area contributed by atoms with Crippen LogP contribution in [0.15, 0.2) is 0 Å². The van der Waals surface area contributed by atoms with Crippen LogP contribution in [0.25, 0.3) is 11.2 Å². The molecule has 0 unspecified atom stereocenters. The normalized spacial score (nSPS) is 18.0. The number of fused-ring (bicyclic) bond motifs is 1. The van der Waals surface area contributed by atoms with Gasteiger partial charge in [0.2, 0.25) is 5.65 Å². The van der Waals surface area contributed by atoms with Gasteiger partial charge in [-0.15, -0.1) is 10.2 Å². The Bertz CT molecular complexity index is 984. The van der Waals surface area contributed by atoms with Gasteiger partial charge in [-0.25, -0.2) is 15.0 Å². The molecule has 0 spiro atoms. The molecular weight excluding hydrogens is 346 g/mol. The lowest BCUT2D eigenvalue weighted by Gasteiger charge is -2.21. The molecule has 0 saturated carbocycles. The molecule has 10 nitrogen and oxygen atoms in total. The van der Waals surface area contributed by atoms with Crippen molar-refractivity contribution in [3.8, 4) is 0 Å². The summed E-state index contributed by atoms with van der Waals surface area (Å²) < 4.78 is 1.73. The summed E-state index contributed by atoms with van der Waals surface area (Å²) >= 11 is 0. The first-order valence-corrected chi connectivity index (χ1v) is 9.13. The number of β-amino-alcohol motifs (C(OH)–C–C–N with tert-alkyl or cyclic N) is 1. The van der Waals surface area contributed by atoms with Crippen LogP contribution in [0.4, 0.5) is 5.82 Å². The smallest absolute Gasteiger partial charge is 0.207 e. The second-order valence-corrected chi connectivity index (χ2v) is 8.11. The highest BCUT2D eigenvalue weighted by Crippen LogP contribution is 2.28. The molecule has 10 heteroatoms. The minimum absolute atomic E-state index is 0.217. The van der Waals surface area contributed by atoms with Gasteiger partial charge in [0.15, 0.2) is 17.2 Å². The van der Waals surface area contributed by atoms with Gasteiger partial charge in [0.05, 0.1) is 6.10 Å². The Balaban J connectivity index is 1.79. The van der Waals surface area contributed by atoms with Gasteiger partial charge in [-0.3, -0.25) is 4.68 Å². The maximum absolute atomic E-state index is 9.95. The van der Waals surface area contributed by atoms with E-state index >= 15 is 0 Å². The molecule has 27 heavy (non-hydrogen) atoms. The summed E-state index contributed by atoms with van der Waals surface area (Å²) in [6.45, 7) is 9.77. The molecule has 0 radical (unpaired) electrons. The van der Waals surface area contributed by atoms with Crippen molar-refractivity contribution < 1.29 is 5.11 Å². The molecule has 4 heterocycles. The van der Waals surface area contributed by atoms with Crippen molar-refractivity contribution in [3.05, 3.63) is 17.5 Å². The van der Waals surface area contributed by atoms with E-state index in [9.17, 15) is 5.11 Å². The quantitative estimate of drug-likeness (QED) is 0.712. The molecule has 1 N–H and O–H groups in total. The maximum atomic E-state index is 9.95. The highest BCUT2D eigenvalue weighted by atomic mass is 16.3. The van der Waals surface area contributed by atoms with Crippen LogP contribution in [-0.2, 0) is 19.0 Å². The van der Waals surface area contributed by atoms with Crippen molar-refractivity contribution in [2.24, 2.45) is 7.05 Å². The van der Waals surface area contributed by atoms with Gasteiger partial charge in [0.25, 0.3) is 0 Å². The molecule has 1 saturated heterocycles. The van der Waals surface area contributed by atoms with E-state index in [0.717, 1.165) is 24.6 Å². The van der Waals surface area contributed by atoms with E-state index in [-0.39, 0.29) is 11.5 Å². The minimum atomic E-state index is -0.343. The topological polar surface area (TPSA) is 111 Å². The van der Waals surface area contributed by atoms with Gasteiger partial charge in [-0.1, -0.05) is 20.8 Å². The molecule has 3 aromatic rings. The van der Waals surface area contributed by atoms with Gasteiger partial charge in [0, 0.05) is 25.6 Å². The van der Waals surface area contributed by atoms with Crippen molar-refractivity contribution in [1.82, 2.24) is 39.7 Å². The number of aromatic nitrogens is 8. The molecule has 1 atom stereocenters. The fourth-order valence-electron chi connectivity index (χ4n) is 3.22. The van der Waals surface area contributed by atoms with Crippen LogP contribution < -0.4 is 4.90 Å². The average Bonchev–Trinajstić information content (AvgIpc) is 3.25. The average molecular weight is 371 g/mol. The summed E-state index contributed by atoms with van der Waals surface area (Å²) in [5.74, 6) is 2.94. The van der Waals surface area contributed by atoms with Crippen LogP contribution in [0.2, 0.25) is 0 Å². The molecule has 1 fully saturated rings. The van der Waals surface area contributed by atoms with Crippen LogP contribution in [0, 0.1) is 6.92 Å². The highest BCUT2D eigenvalue weighted by molar-refractivity contribution is 5.82. The first-order chi connectivity index (χ1) is 12.7. The SMILES string of the molecule is Cc1nc(Cn2nc3nc(C(C)(C)C)nc(N4CC[C@H](O)C4)c3n2)n(C)n1. The fraction of sp³-hybridized carbons (Fsp3) is 0.647. The van der Waals surface area contributed by atoms with Gasteiger partial charge in [0.1, 0.15) is 18.2 Å². The number of rotatable bonds is 3. The zero-order chi connectivity index (χ0) is 19.3. The van der Waals surface area contributed by atoms with Crippen molar-refractivity contribution in [2.75, 3.05) is 18.0 Å². The van der Waals surface area contributed by atoms with Crippen LogP contribution in [0.1, 0.15) is 44.7 Å². The van der Waals surface area contributed by atoms with E-state index in [1.54, 1.807) is 9.48 Å². The summed E-state index contributed by atoms with van der Waals surface area (Å²) in [6.07, 6.45) is 0.382. The van der Waals surface area contributed by atoms with Crippen molar-refractivity contribution >= 4 is 17.0 Å². The third-order valence-electron chi connectivity index (χ3n) is 4.65. The fourth-order valence-corrected chi connectivity index (χ4v) is 3.22. The zero-order valence-electron chi connectivity index (χ0n) is 16.4. The predicted octanol–water partition coefficient (Wildman–Crippen LogP) is 0.575. The Hall–Kier alpha value is -2.62. The molecule has 0 bridgehead atoms. The molecule has 0 aromatic carbocycles. The number of hydrogen-bond acceptors (Lipinski definition) is 8. The van der Waals surface area contributed by atoms with Crippen LogP contribution in [0.3, 0.4) is 0 Å². The molecule has 4 rings (SSSR count). The molecule has 144 valence electrons. The van der Waals surface area contributed by atoms with Gasteiger partial charge in [-0.05, 0) is 13.3 Å². The number of nitrogens with zero attached hydrogens (tertiary/aromatic N) is 9. The number of aliphatic hydroxyl groups excluding tert-OH is 1. The monoisotopic (exact) mass is 371 g/mol. The molecule has 0 amide bonds. The Morgan fingerprint density at radius 2 is 1.89 bits per heavy atom. The first kappa shape index (κ1) is 17.8. The van der Waals surface area contributed by atoms with E-state index in [2.05, 4.69) is 50.9 Å². The van der Waals surface area contributed by atoms with E-state index < -0.39 is 0 Å². The third kappa shape index (κ3) is 3.36. The summed E-state index contributed by atoms with van der Waals surface area (Å²) in [5, 5.41) is 23.4. The van der Waals surface area contributed by atoms with E-state index in [1.165, 1.54) is 0 Å². The maximum Gasteiger partial charge on any atom is 0.207 e. The summed E-state index contributed by atoms with van der Waals surface area (Å²) in [4.78, 5) is 17.5. The number of aliphatic hydroxyl groups is 1. The third-order valence-corrected chi connectivity index (χ3v) is 4.65. The van der Waals surface area contributed by atoms with Gasteiger partial charge in [-0.2, -0.15) is 9.90 Å². The number of anilines is 1. The van der Waals surface area contributed by atoms with E-state index in [4.69, 9.17) is 4.98 Å². The molecule has 1 aliphatic heterocycles. The Labute approximate surface area is 157 Å². The van der Waals surface area contributed by atoms with Gasteiger partial charge >= 0.3 is 0 Å². The second kappa shape index (κ2) is 6.22. The zero-order valence-corrected chi connectivity index (χ0v) is 16.4. The van der Waals surface area contributed by atoms with Crippen molar-refractivity contribution in [2.45, 2.75) is 52.2 Å². The van der Waals surface area contributed by atoms with Crippen LogP contribution in [-0.4, -0.2) is 64.0 Å². The van der Waals surface area contributed by atoms with Crippen molar-refractivity contribution in [1.29, 1.82) is 0 Å². The molecule has 1 aliphatic rings.